The van der Waals surface area contributed by atoms with Gasteiger partial charge in [-0.3, -0.25) is 0 Å². The highest BCUT2D eigenvalue weighted by molar-refractivity contribution is 6.30. The van der Waals surface area contributed by atoms with Crippen LogP contribution in [-0.2, 0) is 13.0 Å². The summed E-state index contributed by atoms with van der Waals surface area (Å²) >= 11 is 5.98. The molecule has 6 rings (SSSR count). The number of aliphatic hydroxyl groups is 2. The van der Waals surface area contributed by atoms with Crippen LogP contribution in [-0.4, -0.2) is 41.9 Å². The summed E-state index contributed by atoms with van der Waals surface area (Å²) in [5.74, 6) is 0.811. The molecule has 2 aromatic carbocycles. The number of anilines is 1. The second kappa shape index (κ2) is 10.3. The Balaban J connectivity index is 1.13. The molecule has 0 aliphatic heterocycles. The van der Waals surface area contributed by atoms with Gasteiger partial charge < -0.3 is 20.1 Å². The predicted octanol–water partition coefficient (Wildman–Crippen LogP) is 5.47. The molecule has 3 aromatic heterocycles. The van der Waals surface area contributed by atoms with Gasteiger partial charge in [-0.15, -0.1) is 0 Å². The number of aromatic nitrogens is 4. The fourth-order valence-corrected chi connectivity index (χ4v) is 5.72. The molecule has 5 aromatic rings. The molecule has 1 saturated carbocycles. The monoisotopic (exact) mass is 527 g/mol. The molecule has 8 heteroatoms. The van der Waals surface area contributed by atoms with Gasteiger partial charge in [-0.25, -0.2) is 15.0 Å². The lowest BCUT2D eigenvalue weighted by molar-refractivity contribution is 0.00545. The molecule has 1 aliphatic rings. The summed E-state index contributed by atoms with van der Waals surface area (Å²) < 4.78 is 2.00. The molecule has 0 bridgehead atoms. The Labute approximate surface area is 226 Å². The van der Waals surface area contributed by atoms with Crippen LogP contribution in [0.2, 0.25) is 5.02 Å². The molecule has 3 heterocycles. The Hall–Kier alpha value is -3.52. The Morgan fingerprint density at radius 1 is 0.974 bits per heavy atom. The first-order chi connectivity index (χ1) is 18.5. The molecule has 0 amide bonds. The van der Waals surface area contributed by atoms with Crippen LogP contribution in [0, 0.1) is 12.8 Å². The van der Waals surface area contributed by atoms with Gasteiger partial charge in [0.15, 0.2) is 0 Å². The summed E-state index contributed by atoms with van der Waals surface area (Å²) in [6.07, 6.45) is 4.16. The third-order valence-electron chi connectivity index (χ3n) is 7.78. The van der Waals surface area contributed by atoms with Gasteiger partial charge in [0.05, 0.1) is 23.4 Å². The van der Waals surface area contributed by atoms with Gasteiger partial charge in [0.25, 0.3) is 0 Å². The zero-order chi connectivity index (χ0) is 26.2. The van der Waals surface area contributed by atoms with E-state index < -0.39 is 12.2 Å². The van der Waals surface area contributed by atoms with E-state index in [0.29, 0.717) is 13.0 Å². The summed E-state index contributed by atoms with van der Waals surface area (Å²) in [5.41, 5.74) is 4.94. The van der Waals surface area contributed by atoms with E-state index in [2.05, 4.69) is 39.6 Å². The van der Waals surface area contributed by atoms with E-state index >= 15 is 0 Å². The number of halogens is 1. The van der Waals surface area contributed by atoms with Gasteiger partial charge in [0.2, 0.25) is 0 Å². The molecular weight excluding hydrogens is 498 g/mol. The van der Waals surface area contributed by atoms with Gasteiger partial charge in [0.1, 0.15) is 23.9 Å². The first-order valence-electron chi connectivity index (χ1n) is 13.0. The van der Waals surface area contributed by atoms with E-state index in [1.165, 1.54) is 5.56 Å². The number of fused-ring (bicyclic) bond motifs is 2. The summed E-state index contributed by atoms with van der Waals surface area (Å²) in [7, 11) is 0. The second-order valence-corrected chi connectivity index (χ2v) is 10.6. The number of nitrogens with one attached hydrogen (secondary N) is 1. The van der Waals surface area contributed by atoms with Crippen molar-refractivity contribution in [2.75, 3.05) is 5.32 Å². The van der Waals surface area contributed by atoms with Gasteiger partial charge in [-0.1, -0.05) is 35.9 Å². The van der Waals surface area contributed by atoms with Crippen molar-refractivity contribution in [3.63, 3.8) is 0 Å². The number of nitrogens with zero attached hydrogens (tertiary/aromatic N) is 4. The first-order valence-corrected chi connectivity index (χ1v) is 13.4. The number of rotatable bonds is 7. The molecule has 1 aliphatic carbocycles. The Kier molecular flexibility index (Phi) is 6.74. The lowest BCUT2D eigenvalue weighted by Gasteiger charge is -2.19. The quantitative estimate of drug-likeness (QED) is 0.260. The van der Waals surface area contributed by atoms with Crippen molar-refractivity contribution < 1.29 is 10.2 Å². The highest BCUT2D eigenvalue weighted by atomic mass is 35.5. The fraction of sp³-hybridized carbons (Fsp3) is 0.300. The third-order valence-corrected chi connectivity index (χ3v) is 8.04. The molecule has 1 unspecified atom stereocenters. The van der Waals surface area contributed by atoms with Crippen molar-refractivity contribution in [2.45, 2.75) is 51.0 Å². The summed E-state index contributed by atoms with van der Waals surface area (Å²) in [5, 5.41) is 28.0. The third kappa shape index (κ3) is 4.85. The minimum Gasteiger partial charge on any atom is -0.390 e. The van der Waals surface area contributed by atoms with Crippen molar-refractivity contribution in [3.8, 4) is 0 Å². The molecule has 0 saturated heterocycles. The van der Waals surface area contributed by atoms with Gasteiger partial charge in [-0.2, -0.15) is 0 Å². The molecule has 3 N–H and O–H groups in total. The van der Waals surface area contributed by atoms with Crippen LogP contribution < -0.4 is 5.32 Å². The lowest BCUT2D eigenvalue weighted by Crippen LogP contribution is -2.29. The highest BCUT2D eigenvalue weighted by Crippen LogP contribution is 2.39. The van der Waals surface area contributed by atoms with Crippen LogP contribution in [0.4, 0.5) is 5.82 Å². The van der Waals surface area contributed by atoms with Crippen LogP contribution in [0.1, 0.15) is 35.7 Å². The molecule has 0 spiro atoms. The molecule has 7 nitrogen and oxygen atoms in total. The number of aliphatic hydroxyl groups excluding tert-OH is 2. The maximum absolute atomic E-state index is 10.9. The van der Waals surface area contributed by atoms with E-state index in [9.17, 15) is 10.2 Å². The van der Waals surface area contributed by atoms with Crippen LogP contribution in [0.25, 0.3) is 21.9 Å². The Bertz CT molecular complexity index is 1590. The molecule has 4 atom stereocenters. The average molecular weight is 528 g/mol. The number of hydrogen-bond acceptors (Lipinski definition) is 6. The summed E-state index contributed by atoms with van der Waals surface area (Å²) in [6.45, 7) is 2.62. The molecule has 1 fully saturated rings. The number of pyridine rings is 1. The SMILES string of the molecule is Cc1ncnc2c1ccn2[C@@H]1C[C@H](CCc2ccc3ccc(NCc4ccc(Cl)cc4)nc3c2)C(O)[C@H]1O. The largest absolute Gasteiger partial charge is 0.390 e. The summed E-state index contributed by atoms with van der Waals surface area (Å²) in [4.78, 5) is 13.5. The maximum atomic E-state index is 10.9. The van der Waals surface area contributed by atoms with Crippen molar-refractivity contribution in [2.24, 2.45) is 5.92 Å². The molecular formula is C30H30ClN5O2. The van der Waals surface area contributed by atoms with E-state index in [1.54, 1.807) is 6.33 Å². The van der Waals surface area contributed by atoms with E-state index in [0.717, 1.165) is 56.9 Å². The molecule has 194 valence electrons. The highest BCUT2D eigenvalue weighted by Gasteiger charge is 2.42. The van der Waals surface area contributed by atoms with Crippen LogP contribution in [0.15, 0.2) is 73.2 Å². The normalized spacial score (nSPS) is 21.4. The predicted molar refractivity (Wildman–Crippen MR) is 150 cm³/mol. The smallest absolute Gasteiger partial charge is 0.143 e. The lowest BCUT2D eigenvalue weighted by atomic mass is 9.95. The maximum Gasteiger partial charge on any atom is 0.143 e. The van der Waals surface area contributed by atoms with Crippen molar-refractivity contribution in [1.82, 2.24) is 19.5 Å². The number of benzene rings is 2. The van der Waals surface area contributed by atoms with Crippen LogP contribution in [0.5, 0.6) is 0 Å². The van der Waals surface area contributed by atoms with Crippen molar-refractivity contribution >= 4 is 39.4 Å². The Morgan fingerprint density at radius 2 is 1.76 bits per heavy atom. The van der Waals surface area contributed by atoms with Crippen molar-refractivity contribution in [1.29, 1.82) is 0 Å². The zero-order valence-corrected chi connectivity index (χ0v) is 21.9. The van der Waals surface area contributed by atoms with Gasteiger partial charge >= 0.3 is 0 Å². The van der Waals surface area contributed by atoms with Gasteiger partial charge in [-0.05, 0) is 79.6 Å². The van der Waals surface area contributed by atoms with Crippen molar-refractivity contribution in [3.05, 3.63) is 95.0 Å². The van der Waals surface area contributed by atoms with E-state index in [4.69, 9.17) is 16.6 Å². The second-order valence-electron chi connectivity index (χ2n) is 10.2. The van der Waals surface area contributed by atoms with Crippen LogP contribution in [0.3, 0.4) is 0 Å². The standard InChI is InChI=1S/C30H30ClN5O2/c1-18-24-12-13-36(30(24)34-17-33-18)26-15-22(28(37)29(26)38)7-3-19-2-6-21-8-11-27(35-25(21)14-19)32-16-20-4-9-23(31)10-5-20/h2,4-6,8-14,17,22,26,28-29,37-38H,3,7,15-16H2,1H3,(H,32,35)/t22-,26+,28?,29-/m0/s1. The topological polar surface area (TPSA) is 96.1 Å². The Morgan fingerprint density at radius 3 is 2.61 bits per heavy atom. The average Bonchev–Trinajstić information content (AvgIpc) is 3.48. The number of aryl methyl sites for hydroxylation is 2. The zero-order valence-electron chi connectivity index (χ0n) is 21.1. The summed E-state index contributed by atoms with van der Waals surface area (Å²) in [6, 6.07) is 20.0. The van der Waals surface area contributed by atoms with E-state index in [-0.39, 0.29) is 12.0 Å². The molecule has 0 radical (unpaired) electrons. The van der Waals surface area contributed by atoms with E-state index in [1.807, 2.05) is 54.1 Å². The first kappa shape index (κ1) is 24.8. The number of hydrogen-bond donors (Lipinski definition) is 3. The fourth-order valence-electron chi connectivity index (χ4n) is 5.59. The van der Waals surface area contributed by atoms with Crippen LogP contribution >= 0.6 is 11.6 Å². The molecule has 38 heavy (non-hydrogen) atoms. The minimum atomic E-state index is -0.835. The van der Waals surface area contributed by atoms with Gasteiger partial charge in [0, 0.05) is 28.5 Å². The minimum absolute atomic E-state index is 0.00795.